The molecule has 0 saturated heterocycles. The highest BCUT2D eigenvalue weighted by atomic mass is 16.1. The molecule has 1 rings (SSSR count). The molecule has 0 aromatic rings. The number of hydrogen-bond acceptors (Lipinski definition) is 1. The van der Waals surface area contributed by atoms with Crippen molar-refractivity contribution in [3.05, 3.63) is 0 Å². The third kappa shape index (κ3) is 3.06. The molecule has 0 spiro atoms. The van der Waals surface area contributed by atoms with Crippen molar-refractivity contribution in [2.45, 2.75) is 66.2 Å². The van der Waals surface area contributed by atoms with Gasteiger partial charge in [-0.3, -0.25) is 0 Å². The van der Waals surface area contributed by atoms with E-state index in [2.05, 4.69) is 20.8 Å². The zero-order valence-electron chi connectivity index (χ0n) is 10.8. The van der Waals surface area contributed by atoms with Gasteiger partial charge in [0.1, 0.15) is 5.78 Å². The molecule has 0 heterocycles. The quantitative estimate of drug-likeness (QED) is 0.679. The maximum absolute atomic E-state index is 11.1. The summed E-state index contributed by atoms with van der Waals surface area (Å²) in [5, 5.41) is 0. The van der Waals surface area contributed by atoms with E-state index in [-0.39, 0.29) is 0 Å². The summed E-state index contributed by atoms with van der Waals surface area (Å²) in [7, 11) is 0. The molecule has 1 aliphatic carbocycles. The van der Waals surface area contributed by atoms with E-state index in [1.54, 1.807) is 6.92 Å². The van der Waals surface area contributed by atoms with E-state index >= 15 is 0 Å². The number of carbonyl (C=O) groups is 1. The first-order valence-electron chi connectivity index (χ1n) is 6.49. The Morgan fingerprint density at radius 3 is 2.67 bits per heavy atom. The second-order valence-electron chi connectivity index (χ2n) is 5.72. The fourth-order valence-electron chi connectivity index (χ4n) is 3.33. The van der Waals surface area contributed by atoms with E-state index < -0.39 is 0 Å². The molecule has 0 unspecified atom stereocenters. The van der Waals surface area contributed by atoms with Gasteiger partial charge in [-0.1, -0.05) is 40.0 Å². The minimum atomic E-state index is 0.353. The first-order chi connectivity index (χ1) is 6.99. The lowest BCUT2D eigenvalue weighted by molar-refractivity contribution is -0.117. The Kier molecular flexibility index (Phi) is 4.36. The normalized spacial score (nSPS) is 36.5. The van der Waals surface area contributed by atoms with Crippen molar-refractivity contribution in [2.75, 3.05) is 0 Å². The molecule has 88 valence electrons. The lowest BCUT2D eigenvalue weighted by Crippen LogP contribution is -2.35. The van der Waals surface area contributed by atoms with Crippen molar-refractivity contribution in [1.29, 1.82) is 0 Å². The number of rotatable bonds is 4. The maximum Gasteiger partial charge on any atom is 0.129 e. The zero-order valence-corrected chi connectivity index (χ0v) is 10.8. The van der Waals surface area contributed by atoms with Crippen LogP contribution in [0.5, 0.6) is 0 Å². The number of Topliss-reactive ketones (excluding diaryl/α,β-unsaturated/α-hetero) is 1. The molecule has 1 nitrogen and oxygen atoms in total. The van der Waals surface area contributed by atoms with Crippen LogP contribution in [0.3, 0.4) is 0 Å². The van der Waals surface area contributed by atoms with Crippen LogP contribution >= 0.6 is 0 Å². The van der Waals surface area contributed by atoms with Crippen molar-refractivity contribution >= 4 is 5.78 Å². The summed E-state index contributed by atoms with van der Waals surface area (Å²) in [4.78, 5) is 11.1. The summed E-state index contributed by atoms with van der Waals surface area (Å²) < 4.78 is 0. The SMILES string of the molecule is CC[C@]1(C)CCC[C@H](C)[C@@H]1CCC(C)=O. The van der Waals surface area contributed by atoms with Crippen molar-refractivity contribution in [1.82, 2.24) is 0 Å². The highest BCUT2D eigenvalue weighted by Crippen LogP contribution is 2.48. The minimum absolute atomic E-state index is 0.353. The van der Waals surface area contributed by atoms with E-state index in [0.717, 1.165) is 24.7 Å². The molecule has 0 aromatic carbocycles. The fourth-order valence-corrected chi connectivity index (χ4v) is 3.33. The fraction of sp³-hybridized carbons (Fsp3) is 0.929. The number of ketones is 1. The average molecular weight is 210 g/mol. The van der Waals surface area contributed by atoms with Crippen LogP contribution in [0, 0.1) is 17.3 Å². The van der Waals surface area contributed by atoms with Gasteiger partial charge in [0, 0.05) is 6.42 Å². The Labute approximate surface area is 94.6 Å². The van der Waals surface area contributed by atoms with Gasteiger partial charge >= 0.3 is 0 Å². The molecule has 1 saturated carbocycles. The standard InChI is InChI=1S/C14H26O/c1-5-14(4)10-6-7-11(2)13(14)9-8-12(3)15/h11,13H,5-10H2,1-4H3/t11-,13-,14+/m0/s1. The van der Waals surface area contributed by atoms with Gasteiger partial charge in [0.2, 0.25) is 0 Å². The van der Waals surface area contributed by atoms with Gasteiger partial charge in [0.25, 0.3) is 0 Å². The molecule has 1 aliphatic rings. The molecule has 0 aromatic heterocycles. The molecule has 3 atom stereocenters. The Bertz CT molecular complexity index is 221. The Morgan fingerprint density at radius 1 is 1.47 bits per heavy atom. The van der Waals surface area contributed by atoms with E-state index in [1.165, 1.54) is 25.7 Å². The average Bonchev–Trinajstić information content (AvgIpc) is 2.16. The lowest BCUT2D eigenvalue weighted by atomic mass is 9.60. The predicted octanol–water partition coefficient (Wildman–Crippen LogP) is 4.21. The minimum Gasteiger partial charge on any atom is -0.300 e. The summed E-state index contributed by atoms with van der Waals surface area (Å²) in [6, 6.07) is 0. The van der Waals surface area contributed by atoms with Crippen LogP contribution in [-0.2, 0) is 4.79 Å². The van der Waals surface area contributed by atoms with E-state index in [0.29, 0.717) is 11.2 Å². The van der Waals surface area contributed by atoms with Crippen LogP contribution in [0.4, 0.5) is 0 Å². The van der Waals surface area contributed by atoms with Crippen LogP contribution in [-0.4, -0.2) is 5.78 Å². The molecule has 0 amide bonds. The van der Waals surface area contributed by atoms with Gasteiger partial charge in [-0.05, 0) is 37.0 Å². The van der Waals surface area contributed by atoms with Gasteiger partial charge in [0.05, 0.1) is 0 Å². The molecule has 0 bridgehead atoms. The second kappa shape index (κ2) is 5.14. The number of hydrogen-bond donors (Lipinski definition) is 0. The maximum atomic E-state index is 11.1. The third-order valence-electron chi connectivity index (χ3n) is 4.60. The lowest BCUT2D eigenvalue weighted by Gasteiger charge is -2.45. The summed E-state index contributed by atoms with van der Waals surface area (Å²) in [6.07, 6.45) is 7.25. The Hall–Kier alpha value is -0.330. The van der Waals surface area contributed by atoms with Crippen LogP contribution in [0.15, 0.2) is 0 Å². The molecule has 0 radical (unpaired) electrons. The monoisotopic (exact) mass is 210 g/mol. The van der Waals surface area contributed by atoms with Crippen LogP contribution < -0.4 is 0 Å². The van der Waals surface area contributed by atoms with Gasteiger partial charge in [-0.15, -0.1) is 0 Å². The summed E-state index contributed by atoms with van der Waals surface area (Å²) in [6.45, 7) is 8.82. The van der Waals surface area contributed by atoms with E-state index in [4.69, 9.17) is 0 Å². The molecule has 0 aliphatic heterocycles. The van der Waals surface area contributed by atoms with Gasteiger partial charge < -0.3 is 4.79 Å². The van der Waals surface area contributed by atoms with Gasteiger partial charge in [-0.2, -0.15) is 0 Å². The molecule has 0 N–H and O–H groups in total. The van der Waals surface area contributed by atoms with E-state index in [9.17, 15) is 4.79 Å². The Morgan fingerprint density at radius 2 is 2.13 bits per heavy atom. The summed E-state index contributed by atoms with van der Waals surface area (Å²) >= 11 is 0. The van der Waals surface area contributed by atoms with Gasteiger partial charge in [0.15, 0.2) is 0 Å². The van der Waals surface area contributed by atoms with Crippen molar-refractivity contribution < 1.29 is 4.79 Å². The summed E-state index contributed by atoms with van der Waals surface area (Å²) in [5.41, 5.74) is 0.493. The van der Waals surface area contributed by atoms with E-state index in [1.807, 2.05) is 0 Å². The number of carbonyl (C=O) groups excluding carboxylic acids is 1. The van der Waals surface area contributed by atoms with Crippen LogP contribution in [0.2, 0.25) is 0 Å². The molecular weight excluding hydrogens is 184 g/mol. The predicted molar refractivity (Wildman–Crippen MR) is 64.8 cm³/mol. The summed E-state index contributed by atoms with van der Waals surface area (Å²) in [5.74, 6) is 1.93. The molecular formula is C14H26O. The van der Waals surface area contributed by atoms with Gasteiger partial charge in [-0.25, -0.2) is 0 Å². The topological polar surface area (TPSA) is 17.1 Å². The highest BCUT2D eigenvalue weighted by Gasteiger charge is 2.38. The molecule has 1 fully saturated rings. The Balaban J connectivity index is 2.64. The largest absolute Gasteiger partial charge is 0.300 e. The van der Waals surface area contributed by atoms with Crippen molar-refractivity contribution in [3.8, 4) is 0 Å². The third-order valence-corrected chi connectivity index (χ3v) is 4.60. The first-order valence-corrected chi connectivity index (χ1v) is 6.49. The molecule has 15 heavy (non-hydrogen) atoms. The van der Waals surface area contributed by atoms with Crippen molar-refractivity contribution in [2.24, 2.45) is 17.3 Å². The molecule has 1 heteroatoms. The highest BCUT2D eigenvalue weighted by molar-refractivity contribution is 5.75. The first kappa shape index (κ1) is 12.7. The van der Waals surface area contributed by atoms with Crippen LogP contribution in [0.25, 0.3) is 0 Å². The zero-order chi connectivity index (χ0) is 11.5. The van der Waals surface area contributed by atoms with Crippen LogP contribution in [0.1, 0.15) is 66.2 Å². The second-order valence-corrected chi connectivity index (χ2v) is 5.72. The van der Waals surface area contributed by atoms with Crippen molar-refractivity contribution in [3.63, 3.8) is 0 Å². The smallest absolute Gasteiger partial charge is 0.129 e.